The molecule has 2 rings (SSSR count). The summed E-state index contributed by atoms with van der Waals surface area (Å²) in [5.41, 5.74) is 7.43. The maximum atomic E-state index is 13.5. The van der Waals surface area contributed by atoms with Gasteiger partial charge in [-0.05, 0) is 41.3 Å². The Morgan fingerprint density at radius 3 is 2.75 bits per heavy atom. The summed E-state index contributed by atoms with van der Waals surface area (Å²) in [6, 6.07) is 3.74. The first kappa shape index (κ1) is 11.7. The highest BCUT2D eigenvalue weighted by Crippen LogP contribution is 2.36. The molecule has 1 aromatic carbocycles. The lowest BCUT2D eigenvalue weighted by Gasteiger charge is -2.25. The molecule has 0 spiro atoms. The molecule has 1 fully saturated rings. The van der Waals surface area contributed by atoms with Gasteiger partial charge in [-0.3, -0.25) is 0 Å². The molecule has 88 valence electrons. The Hall–Kier alpha value is -0.770. The van der Waals surface area contributed by atoms with Gasteiger partial charge in [0.05, 0.1) is 15.8 Å². The molecule has 1 aromatic rings. The number of halogens is 2. The zero-order valence-electron chi connectivity index (χ0n) is 9.34. The van der Waals surface area contributed by atoms with E-state index >= 15 is 0 Å². The van der Waals surface area contributed by atoms with E-state index in [2.05, 4.69) is 27.8 Å². The lowest BCUT2D eigenvalue weighted by Crippen LogP contribution is -2.27. The summed E-state index contributed by atoms with van der Waals surface area (Å²) in [5.74, 6) is -0.244. The highest BCUT2D eigenvalue weighted by Gasteiger charge is 2.30. The number of benzene rings is 1. The van der Waals surface area contributed by atoms with E-state index in [1.807, 2.05) is 0 Å². The summed E-state index contributed by atoms with van der Waals surface area (Å²) >= 11 is 3.15. The molecular formula is C12H16BrFN2. The Kier molecular flexibility index (Phi) is 3.38. The maximum absolute atomic E-state index is 13.5. The number of anilines is 2. The van der Waals surface area contributed by atoms with Crippen molar-refractivity contribution in [1.82, 2.24) is 0 Å². The van der Waals surface area contributed by atoms with Crippen LogP contribution < -0.4 is 10.6 Å². The third-order valence-electron chi connectivity index (χ3n) is 2.83. The fourth-order valence-corrected chi connectivity index (χ4v) is 2.29. The van der Waals surface area contributed by atoms with Crippen molar-refractivity contribution in [1.29, 1.82) is 0 Å². The number of nitrogen functional groups attached to an aromatic ring is 1. The van der Waals surface area contributed by atoms with Gasteiger partial charge in [-0.1, -0.05) is 6.92 Å². The van der Waals surface area contributed by atoms with Crippen LogP contribution in [0, 0.1) is 5.82 Å². The smallest absolute Gasteiger partial charge is 0.139 e. The van der Waals surface area contributed by atoms with Gasteiger partial charge in [-0.25, -0.2) is 4.39 Å². The van der Waals surface area contributed by atoms with Gasteiger partial charge in [0.15, 0.2) is 0 Å². The predicted molar refractivity (Wildman–Crippen MR) is 69.2 cm³/mol. The van der Waals surface area contributed by atoms with Gasteiger partial charge in [-0.2, -0.15) is 0 Å². The van der Waals surface area contributed by atoms with Gasteiger partial charge in [0.1, 0.15) is 5.82 Å². The van der Waals surface area contributed by atoms with Crippen LogP contribution in [-0.2, 0) is 0 Å². The zero-order valence-corrected chi connectivity index (χ0v) is 10.9. The first-order valence-corrected chi connectivity index (χ1v) is 6.44. The van der Waals surface area contributed by atoms with Gasteiger partial charge in [0, 0.05) is 18.7 Å². The van der Waals surface area contributed by atoms with Crippen LogP contribution in [0.5, 0.6) is 0 Å². The lowest BCUT2D eigenvalue weighted by molar-refractivity contribution is 0.619. The molecule has 0 aromatic heterocycles. The summed E-state index contributed by atoms with van der Waals surface area (Å²) in [5, 5.41) is 0. The molecule has 0 aliphatic heterocycles. The van der Waals surface area contributed by atoms with Crippen LogP contribution in [-0.4, -0.2) is 12.6 Å². The highest BCUT2D eigenvalue weighted by molar-refractivity contribution is 9.10. The Labute approximate surface area is 104 Å². The Balaban J connectivity index is 2.32. The van der Waals surface area contributed by atoms with E-state index in [-0.39, 0.29) is 5.82 Å². The molecule has 2 N–H and O–H groups in total. The largest absolute Gasteiger partial charge is 0.397 e. The number of hydrogen-bond donors (Lipinski definition) is 1. The topological polar surface area (TPSA) is 29.3 Å². The molecule has 0 radical (unpaired) electrons. The van der Waals surface area contributed by atoms with Crippen LogP contribution in [0.3, 0.4) is 0 Å². The van der Waals surface area contributed by atoms with Crippen molar-refractivity contribution in [2.24, 2.45) is 0 Å². The first-order chi connectivity index (χ1) is 7.63. The molecule has 2 nitrogen and oxygen atoms in total. The molecular weight excluding hydrogens is 271 g/mol. The van der Waals surface area contributed by atoms with Gasteiger partial charge in [0.2, 0.25) is 0 Å². The lowest BCUT2D eigenvalue weighted by atomic mass is 10.2. The average Bonchev–Trinajstić information content (AvgIpc) is 3.04. The first-order valence-electron chi connectivity index (χ1n) is 5.64. The van der Waals surface area contributed by atoms with Crippen molar-refractivity contribution >= 4 is 27.3 Å². The standard InChI is InChI=1S/C12H16BrFN2/c1-2-5-16(8-3-4-8)12-7-10(14)9(13)6-11(12)15/h6-8H,2-5,15H2,1H3. The van der Waals surface area contributed by atoms with Gasteiger partial charge in [-0.15, -0.1) is 0 Å². The normalized spacial score (nSPS) is 15.2. The average molecular weight is 287 g/mol. The van der Waals surface area contributed by atoms with E-state index in [1.165, 1.54) is 18.9 Å². The summed E-state index contributed by atoms with van der Waals surface area (Å²) < 4.78 is 13.9. The minimum atomic E-state index is -0.244. The van der Waals surface area contributed by atoms with E-state index in [1.54, 1.807) is 6.07 Å². The Morgan fingerprint density at radius 2 is 2.19 bits per heavy atom. The molecule has 0 unspecified atom stereocenters. The van der Waals surface area contributed by atoms with E-state index in [0.717, 1.165) is 18.7 Å². The Bertz CT molecular complexity index is 391. The molecule has 1 saturated carbocycles. The Morgan fingerprint density at radius 1 is 1.50 bits per heavy atom. The molecule has 1 aliphatic rings. The van der Waals surface area contributed by atoms with Crippen molar-refractivity contribution in [2.45, 2.75) is 32.2 Å². The summed E-state index contributed by atoms with van der Waals surface area (Å²) in [6.45, 7) is 3.07. The second-order valence-electron chi connectivity index (χ2n) is 4.25. The van der Waals surface area contributed by atoms with E-state index < -0.39 is 0 Å². The van der Waals surface area contributed by atoms with Gasteiger partial charge in [0.25, 0.3) is 0 Å². The van der Waals surface area contributed by atoms with Crippen molar-refractivity contribution in [3.05, 3.63) is 22.4 Å². The second-order valence-corrected chi connectivity index (χ2v) is 5.10. The van der Waals surface area contributed by atoms with Crippen molar-refractivity contribution in [2.75, 3.05) is 17.2 Å². The van der Waals surface area contributed by atoms with Crippen molar-refractivity contribution in [3.8, 4) is 0 Å². The van der Waals surface area contributed by atoms with E-state index in [0.29, 0.717) is 16.2 Å². The van der Waals surface area contributed by atoms with Crippen molar-refractivity contribution in [3.63, 3.8) is 0 Å². The third-order valence-corrected chi connectivity index (χ3v) is 3.44. The van der Waals surface area contributed by atoms with Crippen LogP contribution in [0.15, 0.2) is 16.6 Å². The van der Waals surface area contributed by atoms with Crippen LogP contribution >= 0.6 is 15.9 Å². The fourth-order valence-electron chi connectivity index (χ4n) is 1.93. The minimum Gasteiger partial charge on any atom is -0.397 e. The molecule has 4 heteroatoms. The summed E-state index contributed by atoms with van der Waals surface area (Å²) in [4.78, 5) is 2.23. The quantitative estimate of drug-likeness (QED) is 0.858. The SMILES string of the molecule is CCCN(c1cc(F)c(Br)cc1N)C1CC1. The summed E-state index contributed by atoms with van der Waals surface area (Å²) in [7, 11) is 0. The molecule has 0 bridgehead atoms. The molecule has 0 heterocycles. The number of rotatable bonds is 4. The monoisotopic (exact) mass is 286 g/mol. The highest BCUT2D eigenvalue weighted by atomic mass is 79.9. The van der Waals surface area contributed by atoms with Crippen molar-refractivity contribution < 1.29 is 4.39 Å². The van der Waals surface area contributed by atoms with E-state index in [4.69, 9.17) is 5.73 Å². The number of hydrogen-bond acceptors (Lipinski definition) is 2. The number of nitrogens with zero attached hydrogens (tertiary/aromatic N) is 1. The zero-order chi connectivity index (χ0) is 11.7. The van der Waals surface area contributed by atoms with E-state index in [9.17, 15) is 4.39 Å². The molecule has 0 saturated heterocycles. The molecule has 0 amide bonds. The van der Waals surface area contributed by atoms with Gasteiger partial charge >= 0.3 is 0 Å². The summed E-state index contributed by atoms with van der Waals surface area (Å²) in [6.07, 6.45) is 3.43. The molecule has 1 aliphatic carbocycles. The number of nitrogens with two attached hydrogens (primary N) is 1. The predicted octanol–water partition coefficient (Wildman–Crippen LogP) is 3.55. The second kappa shape index (κ2) is 4.62. The molecule has 0 atom stereocenters. The van der Waals surface area contributed by atoms with Gasteiger partial charge < -0.3 is 10.6 Å². The maximum Gasteiger partial charge on any atom is 0.139 e. The molecule has 16 heavy (non-hydrogen) atoms. The van der Waals surface area contributed by atoms with Crippen LogP contribution in [0.4, 0.5) is 15.8 Å². The van der Waals surface area contributed by atoms with Crippen LogP contribution in [0.2, 0.25) is 0 Å². The van der Waals surface area contributed by atoms with Crippen LogP contribution in [0.25, 0.3) is 0 Å². The van der Waals surface area contributed by atoms with Crippen LogP contribution in [0.1, 0.15) is 26.2 Å². The fraction of sp³-hybridized carbons (Fsp3) is 0.500. The third kappa shape index (κ3) is 2.32. The minimum absolute atomic E-state index is 0.244.